The van der Waals surface area contributed by atoms with Crippen molar-refractivity contribution in [2.75, 3.05) is 7.11 Å². The number of pyridine rings is 1. The van der Waals surface area contributed by atoms with Crippen LogP contribution in [0.3, 0.4) is 0 Å². The van der Waals surface area contributed by atoms with Crippen molar-refractivity contribution in [2.45, 2.75) is 0 Å². The Kier molecular flexibility index (Phi) is 2.98. The van der Waals surface area contributed by atoms with Gasteiger partial charge in [0, 0.05) is 11.8 Å². The Morgan fingerprint density at radius 1 is 1.05 bits per heavy atom. The summed E-state index contributed by atoms with van der Waals surface area (Å²) in [5, 5.41) is 0. The minimum atomic E-state index is 0.762. The number of nitrogens with one attached hydrogen (secondary N) is 1. The monoisotopic (exact) mass is 251 g/mol. The molecular weight excluding hydrogens is 238 g/mol. The number of H-pyrrole nitrogens is 1. The molecule has 0 saturated carbocycles. The van der Waals surface area contributed by atoms with E-state index < -0.39 is 0 Å². The van der Waals surface area contributed by atoms with Crippen LogP contribution in [0.2, 0.25) is 0 Å². The number of nitrogens with zero attached hydrogens (tertiary/aromatic N) is 2. The number of rotatable bonds is 3. The Labute approximate surface area is 111 Å². The predicted octanol–water partition coefficient (Wildman–Crippen LogP) is 3.15. The molecule has 94 valence electrons. The van der Waals surface area contributed by atoms with E-state index in [1.807, 2.05) is 42.5 Å². The molecule has 1 aromatic carbocycles. The lowest BCUT2D eigenvalue weighted by molar-refractivity contribution is 0.415. The van der Waals surface area contributed by atoms with Crippen LogP contribution in [-0.4, -0.2) is 22.1 Å². The van der Waals surface area contributed by atoms with Gasteiger partial charge in [-0.05, 0) is 24.3 Å². The molecule has 19 heavy (non-hydrogen) atoms. The molecule has 0 atom stereocenters. The summed E-state index contributed by atoms with van der Waals surface area (Å²) in [6, 6.07) is 13.6. The summed E-state index contributed by atoms with van der Waals surface area (Å²) in [6.45, 7) is 0. The Bertz CT molecular complexity index is 677. The maximum Gasteiger partial charge on any atom is 0.156 e. The van der Waals surface area contributed by atoms with Crippen molar-refractivity contribution in [2.24, 2.45) is 0 Å². The summed E-state index contributed by atoms with van der Waals surface area (Å²) in [5.41, 5.74) is 2.81. The van der Waals surface area contributed by atoms with Gasteiger partial charge in [-0.25, -0.2) is 4.98 Å². The van der Waals surface area contributed by atoms with Crippen LogP contribution >= 0.6 is 0 Å². The molecule has 1 N–H and O–H groups in total. The molecule has 0 aliphatic heterocycles. The third-order valence-electron chi connectivity index (χ3n) is 2.86. The average molecular weight is 251 g/mol. The number of imidazole rings is 1. The predicted molar refractivity (Wildman–Crippen MR) is 73.8 cm³/mol. The Balaban J connectivity index is 1.97. The van der Waals surface area contributed by atoms with Gasteiger partial charge >= 0.3 is 0 Å². The zero-order valence-corrected chi connectivity index (χ0v) is 10.5. The number of hydrogen-bond donors (Lipinski definition) is 1. The van der Waals surface area contributed by atoms with Gasteiger partial charge in [-0.3, -0.25) is 4.98 Å². The van der Waals surface area contributed by atoms with Gasteiger partial charge in [0.25, 0.3) is 0 Å². The number of aromatic nitrogens is 3. The van der Waals surface area contributed by atoms with E-state index in [9.17, 15) is 0 Å². The molecule has 3 aromatic rings. The van der Waals surface area contributed by atoms with Crippen LogP contribution in [0, 0.1) is 0 Å². The molecule has 0 saturated heterocycles. The quantitative estimate of drug-likeness (QED) is 0.778. The number of methoxy groups -OCH3 is 1. The van der Waals surface area contributed by atoms with Gasteiger partial charge in [0.05, 0.1) is 19.0 Å². The average Bonchev–Trinajstić information content (AvgIpc) is 2.98. The molecule has 0 aliphatic carbocycles. The summed E-state index contributed by atoms with van der Waals surface area (Å²) in [6.07, 6.45) is 3.56. The van der Waals surface area contributed by atoms with E-state index in [1.54, 1.807) is 19.5 Å². The van der Waals surface area contributed by atoms with Crippen LogP contribution in [0.15, 0.2) is 54.9 Å². The van der Waals surface area contributed by atoms with Crippen LogP contribution < -0.4 is 4.74 Å². The van der Waals surface area contributed by atoms with Crippen LogP contribution in [0.4, 0.5) is 0 Å². The molecule has 3 rings (SSSR count). The third-order valence-corrected chi connectivity index (χ3v) is 2.86. The SMILES string of the molecule is COc1cccc(-c2cnc(-c3ccccn3)[nH]2)c1. The summed E-state index contributed by atoms with van der Waals surface area (Å²) < 4.78 is 5.22. The summed E-state index contributed by atoms with van der Waals surface area (Å²) >= 11 is 0. The van der Waals surface area contributed by atoms with Gasteiger partial charge in [0.15, 0.2) is 5.82 Å². The van der Waals surface area contributed by atoms with Crippen LogP contribution in [-0.2, 0) is 0 Å². The Hall–Kier alpha value is -2.62. The molecular formula is C15H13N3O. The number of benzene rings is 1. The second kappa shape index (κ2) is 4.94. The normalized spacial score (nSPS) is 10.4. The van der Waals surface area contributed by atoms with E-state index in [1.165, 1.54) is 0 Å². The fourth-order valence-electron chi connectivity index (χ4n) is 1.89. The zero-order chi connectivity index (χ0) is 13.1. The smallest absolute Gasteiger partial charge is 0.156 e. The first-order valence-corrected chi connectivity index (χ1v) is 5.97. The topological polar surface area (TPSA) is 50.8 Å². The third kappa shape index (κ3) is 2.33. The molecule has 0 bridgehead atoms. The lowest BCUT2D eigenvalue weighted by Gasteiger charge is -2.02. The van der Waals surface area contributed by atoms with Crippen LogP contribution in [0.5, 0.6) is 5.75 Å². The fraction of sp³-hybridized carbons (Fsp3) is 0.0667. The molecule has 2 heterocycles. The van der Waals surface area contributed by atoms with Gasteiger partial charge < -0.3 is 9.72 Å². The van der Waals surface area contributed by atoms with E-state index >= 15 is 0 Å². The first-order chi connectivity index (χ1) is 9.36. The minimum Gasteiger partial charge on any atom is -0.497 e. The highest BCUT2D eigenvalue weighted by Crippen LogP contribution is 2.24. The van der Waals surface area contributed by atoms with Gasteiger partial charge in [0.2, 0.25) is 0 Å². The van der Waals surface area contributed by atoms with Crippen LogP contribution in [0.25, 0.3) is 22.8 Å². The highest BCUT2D eigenvalue weighted by molar-refractivity contribution is 5.64. The molecule has 0 radical (unpaired) electrons. The Morgan fingerprint density at radius 2 is 2.00 bits per heavy atom. The second-order valence-corrected chi connectivity index (χ2v) is 4.09. The fourth-order valence-corrected chi connectivity index (χ4v) is 1.89. The molecule has 4 nitrogen and oxygen atoms in total. The molecule has 4 heteroatoms. The Morgan fingerprint density at radius 3 is 2.79 bits per heavy atom. The van der Waals surface area contributed by atoms with Gasteiger partial charge in [-0.1, -0.05) is 18.2 Å². The standard InChI is InChI=1S/C15H13N3O/c1-19-12-6-4-5-11(9-12)14-10-17-15(18-14)13-7-2-3-8-16-13/h2-10H,1H3,(H,17,18). The number of hydrogen-bond acceptors (Lipinski definition) is 3. The minimum absolute atomic E-state index is 0.762. The molecule has 0 aliphatic rings. The maximum absolute atomic E-state index is 5.22. The highest BCUT2D eigenvalue weighted by Gasteiger charge is 2.06. The van der Waals surface area contributed by atoms with Crippen molar-refractivity contribution >= 4 is 0 Å². The van der Waals surface area contributed by atoms with Gasteiger partial charge in [-0.15, -0.1) is 0 Å². The van der Waals surface area contributed by atoms with E-state index in [0.29, 0.717) is 0 Å². The van der Waals surface area contributed by atoms with Crippen molar-refractivity contribution < 1.29 is 4.74 Å². The molecule has 0 amide bonds. The summed E-state index contributed by atoms with van der Waals surface area (Å²) in [7, 11) is 1.66. The van der Waals surface area contributed by atoms with Crippen molar-refractivity contribution in [3.63, 3.8) is 0 Å². The van der Waals surface area contributed by atoms with Gasteiger partial charge in [-0.2, -0.15) is 0 Å². The second-order valence-electron chi connectivity index (χ2n) is 4.09. The van der Waals surface area contributed by atoms with E-state index in [4.69, 9.17) is 4.74 Å². The maximum atomic E-state index is 5.22. The first kappa shape index (κ1) is 11.5. The van der Waals surface area contributed by atoms with Crippen LogP contribution in [0.1, 0.15) is 0 Å². The number of aromatic amines is 1. The van der Waals surface area contributed by atoms with Crippen molar-refractivity contribution in [1.29, 1.82) is 0 Å². The lowest BCUT2D eigenvalue weighted by Crippen LogP contribution is -1.85. The van der Waals surface area contributed by atoms with Crippen molar-refractivity contribution in [3.05, 3.63) is 54.9 Å². The first-order valence-electron chi connectivity index (χ1n) is 5.97. The van der Waals surface area contributed by atoms with E-state index in [0.717, 1.165) is 28.5 Å². The summed E-state index contributed by atoms with van der Waals surface area (Å²) in [4.78, 5) is 11.9. The molecule has 0 fully saturated rings. The van der Waals surface area contributed by atoms with Gasteiger partial charge in [0.1, 0.15) is 11.4 Å². The van der Waals surface area contributed by atoms with Crippen molar-refractivity contribution in [3.8, 4) is 28.5 Å². The molecule has 0 spiro atoms. The molecule has 2 aromatic heterocycles. The van der Waals surface area contributed by atoms with Crippen molar-refractivity contribution in [1.82, 2.24) is 15.0 Å². The zero-order valence-electron chi connectivity index (χ0n) is 10.5. The lowest BCUT2D eigenvalue weighted by atomic mass is 10.1. The van der Waals surface area contributed by atoms with E-state index in [2.05, 4.69) is 15.0 Å². The highest BCUT2D eigenvalue weighted by atomic mass is 16.5. The number of ether oxygens (including phenoxy) is 1. The summed E-state index contributed by atoms with van der Waals surface area (Å²) in [5.74, 6) is 1.59. The molecule has 0 unspecified atom stereocenters. The van der Waals surface area contributed by atoms with E-state index in [-0.39, 0.29) is 0 Å². The largest absolute Gasteiger partial charge is 0.497 e.